The van der Waals surface area contributed by atoms with Crippen LogP contribution in [0, 0.1) is 0 Å². The van der Waals surface area contributed by atoms with Gasteiger partial charge >= 0.3 is 0 Å². The molecule has 2 rings (SSSR count). The van der Waals surface area contributed by atoms with Crippen molar-refractivity contribution in [2.24, 2.45) is 0 Å². The van der Waals surface area contributed by atoms with Crippen molar-refractivity contribution < 1.29 is 0 Å². The lowest BCUT2D eigenvalue weighted by atomic mass is 10.0. The average molecular weight is 351 g/mol. The number of nitrogens with one attached hydrogen (secondary N) is 1. The largest absolute Gasteiger partial charge is 0.308 e. The van der Waals surface area contributed by atoms with Crippen LogP contribution in [0.5, 0.6) is 0 Å². The highest BCUT2D eigenvalue weighted by molar-refractivity contribution is 9.10. The van der Waals surface area contributed by atoms with E-state index in [0.29, 0.717) is 0 Å². The van der Waals surface area contributed by atoms with Crippen molar-refractivity contribution in [3.8, 4) is 0 Å². The molecule has 0 aliphatic heterocycles. The summed E-state index contributed by atoms with van der Waals surface area (Å²) < 4.78 is 3.14. The van der Waals surface area contributed by atoms with E-state index in [-0.39, 0.29) is 6.04 Å². The summed E-state index contributed by atoms with van der Waals surface area (Å²) in [5.74, 6) is 0. The summed E-state index contributed by atoms with van der Waals surface area (Å²) in [5, 5.41) is 8.09. The number of hydrogen-bond acceptors (Lipinski definition) is 3. The van der Waals surface area contributed by atoms with Crippen molar-refractivity contribution >= 4 is 15.9 Å². The average Bonchev–Trinajstić information content (AvgIpc) is 2.84. The molecule has 0 amide bonds. The minimum Gasteiger partial charge on any atom is -0.308 e. The summed E-state index contributed by atoms with van der Waals surface area (Å²) in [6.07, 6.45) is 1.89. The minimum atomic E-state index is 0.148. The lowest BCUT2D eigenvalue weighted by Crippen LogP contribution is -2.27. The molecule has 1 aromatic carbocycles. The maximum absolute atomic E-state index is 4.52. The van der Waals surface area contributed by atoms with Gasteiger partial charge in [-0.3, -0.25) is 4.68 Å². The molecule has 2 aromatic rings. The molecule has 0 fully saturated rings. The van der Waals surface area contributed by atoms with Crippen molar-refractivity contribution in [1.82, 2.24) is 20.0 Å². The highest BCUT2D eigenvalue weighted by Gasteiger charge is 2.21. The van der Waals surface area contributed by atoms with Gasteiger partial charge in [-0.15, -0.1) is 0 Å². The van der Waals surface area contributed by atoms with Gasteiger partial charge in [0.25, 0.3) is 0 Å². The first-order chi connectivity index (χ1) is 10.1. The molecular formula is C16H23BrN4. The van der Waals surface area contributed by atoms with Crippen molar-refractivity contribution in [3.63, 3.8) is 0 Å². The van der Waals surface area contributed by atoms with Gasteiger partial charge in [0, 0.05) is 6.54 Å². The number of rotatable bonds is 7. The van der Waals surface area contributed by atoms with E-state index >= 15 is 0 Å². The second-order valence-electron chi connectivity index (χ2n) is 5.31. The predicted octanol–water partition coefficient (Wildman–Crippen LogP) is 2.91. The molecule has 0 radical (unpaired) electrons. The fraction of sp³-hybridized carbons (Fsp3) is 0.438. The monoisotopic (exact) mass is 350 g/mol. The van der Waals surface area contributed by atoms with Crippen LogP contribution in [0.15, 0.2) is 41.0 Å². The lowest BCUT2D eigenvalue weighted by Gasteiger charge is -2.21. The Balaban J connectivity index is 2.34. The third-order valence-electron chi connectivity index (χ3n) is 3.41. The molecule has 1 N–H and O–H groups in total. The highest BCUT2D eigenvalue weighted by Crippen LogP contribution is 2.28. The van der Waals surface area contributed by atoms with E-state index < -0.39 is 0 Å². The second kappa shape index (κ2) is 7.73. The Hall–Kier alpha value is -1.17. The Bertz CT molecular complexity index is 551. The molecule has 0 aliphatic carbocycles. The van der Waals surface area contributed by atoms with Crippen molar-refractivity contribution in [3.05, 3.63) is 52.3 Å². The summed E-state index contributed by atoms with van der Waals surface area (Å²) in [7, 11) is 4.16. The molecule has 1 aromatic heterocycles. The van der Waals surface area contributed by atoms with E-state index in [4.69, 9.17) is 0 Å². The molecule has 0 bridgehead atoms. The summed E-state index contributed by atoms with van der Waals surface area (Å²) >= 11 is 3.66. The van der Waals surface area contributed by atoms with Gasteiger partial charge in [-0.25, -0.2) is 0 Å². The molecule has 5 heteroatoms. The third kappa shape index (κ3) is 4.15. The van der Waals surface area contributed by atoms with E-state index in [0.717, 1.165) is 24.1 Å². The zero-order valence-electron chi connectivity index (χ0n) is 12.9. The molecular weight excluding hydrogens is 328 g/mol. The summed E-state index contributed by atoms with van der Waals surface area (Å²) in [6.45, 7) is 4.88. The fourth-order valence-electron chi connectivity index (χ4n) is 2.35. The van der Waals surface area contributed by atoms with E-state index in [9.17, 15) is 0 Å². The molecule has 0 aliphatic rings. The Labute approximate surface area is 135 Å². The smallest absolute Gasteiger partial charge is 0.0759 e. The number of likely N-dealkylation sites (N-methyl/N-ethyl adjacent to an activating group) is 1. The topological polar surface area (TPSA) is 33.1 Å². The molecule has 0 spiro atoms. The zero-order chi connectivity index (χ0) is 15.2. The van der Waals surface area contributed by atoms with Crippen LogP contribution in [0.25, 0.3) is 0 Å². The van der Waals surface area contributed by atoms with Crippen LogP contribution in [0.4, 0.5) is 0 Å². The molecule has 1 heterocycles. The van der Waals surface area contributed by atoms with Gasteiger partial charge in [-0.05, 0) is 42.1 Å². The quantitative estimate of drug-likeness (QED) is 0.833. The predicted molar refractivity (Wildman–Crippen MR) is 90.4 cm³/mol. The van der Waals surface area contributed by atoms with Gasteiger partial charge in [-0.2, -0.15) is 5.10 Å². The van der Waals surface area contributed by atoms with E-state index in [2.05, 4.69) is 81.2 Å². The number of nitrogens with zero attached hydrogens (tertiary/aromatic N) is 3. The van der Waals surface area contributed by atoms with Crippen LogP contribution in [0.1, 0.15) is 24.2 Å². The SMILES string of the molecule is CCNC(c1ccccc1)c1c(Br)cnn1CCN(C)C. The van der Waals surface area contributed by atoms with Crippen LogP contribution in [0.3, 0.4) is 0 Å². The van der Waals surface area contributed by atoms with Gasteiger partial charge in [0.2, 0.25) is 0 Å². The maximum Gasteiger partial charge on any atom is 0.0759 e. The number of aromatic nitrogens is 2. The first-order valence-electron chi connectivity index (χ1n) is 7.27. The summed E-state index contributed by atoms with van der Waals surface area (Å²) in [5.41, 5.74) is 2.44. The van der Waals surface area contributed by atoms with Crippen molar-refractivity contribution in [2.45, 2.75) is 19.5 Å². The Morgan fingerprint density at radius 1 is 1.29 bits per heavy atom. The van der Waals surface area contributed by atoms with Gasteiger partial charge in [-0.1, -0.05) is 37.3 Å². The molecule has 4 nitrogen and oxygen atoms in total. The summed E-state index contributed by atoms with van der Waals surface area (Å²) in [6, 6.07) is 10.7. The normalized spacial score (nSPS) is 12.8. The first kappa shape index (κ1) is 16.2. The second-order valence-corrected chi connectivity index (χ2v) is 6.16. The molecule has 21 heavy (non-hydrogen) atoms. The maximum atomic E-state index is 4.52. The number of hydrogen-bond donors (Lipinski definition) is 1. The molecule has 114 valence electrons. The van der Waals surface area contributed by atoms with E-state index in [1.165, 1.54) is 11.3 Å². The van der Waals surface area contributed by atoms with Gasteiger partial charge in [0.05, 0.1) is 29.0 Å². The minimum absolute atomic E-state index is 0.148. The zero-order valence-corrected chi connectivity index (χ0v) is 14.5. The van der Waals surface area contributed by atoms with Gasteiger partial charge < -0.3 is 10.2 Å². The van der Waals surface area contributed by atoms with Crippen LogP contribution in [-0.4, -0.2) is 41.9 Å². The van der Waals surface area contributed by atoms with Crippen LogP contribution in [-0.2, 0) is 6.54 Å². The Kier molecular flexibility index (Phi) is 5.96. The summed E-state index contributed by atoms with van der Waals surface area (Å²) in [4.78, 5) is 2.17. The standard InChI is InChI=1S/C16H23BrN4/c1-4-18-15(13-8-6-5-7-9-13)16-14(17)12-19-21(16)11-10-20(2)3/h5-9,12,15,18H,4,10-11H2,1-3H3. The lowest BCUT2D eigenvalue weighted by molar-refractivity contribution is 0.365. The number of halogens is 1. The van der Waals surface area contributed by atoms with Crippen LogP contribution >= 0.6 is 15.9 Å². The van der Waals surface area contributed by atoms with Crippen LogP contribution < -0.4 is 5.32 Å². The molecule has 0 saturated carbocycles. The fourth-order valence-corrected chi connectivity index (χ4v) is 2.88. The van der Waals surface area contributed by atoms with Crippen LogP contribution in [0.2, 0.25) is 0 Å². The first-order valence-corrected chi connectivity index (χ1v) is 8.07. The molecule has 1 atom stereocenters. The third-order valence-corrected chi connectivity index (χ3v) is 4.02. The van der Waals surface area contributed by atoms with E-state index in [1.54, 1.807) is 0 Å². The van der Waals surface area contributed by atoms with E-state index in [1.807, 2.05) is 12.3 Å². The van der Waals surface area contributed by atoms with Crippen molar-refractivity contribution in [2.75, 3.05) is 27.2 Å². The van der Waals surface area contributed by atoms with Gasteiger partial charge in [0.15, 0.2) is 0 Å². The molecule has 0 saturated heterocycles. The molecule has 1 unspecified atom stereocenters. The number of benzene rings is 1. The van der Waals surface area contributed by atoms with Crippen molar-refractivity contribution in [1.29, 1.82) is 0 Å². The Morgan fingerprint density at radius 3 is 2.62 bits per heavy atom. The Morgan fingerprint density at radius 2 is 2.00 bits per heavy atom. The highest BCUT2D eigenvalue weighted by atomic mass is 79.9. The van der Waals surface area contributed by atoms with Gasteiger partial charge in [0.1, 0.15) is 0 Å².